The van der Waals surface area contributed by atoms with E-state index < -0.39 is 22.0 Å². The van der Waals surface area contributed by atoms with Gasteiger partial charge in [0.1, 0.15) is 11.8 Å². The monoisotopic (exact) mass is 430 g/mol. The lowest BCUT2D eigenvalue weighted by Crippen LogP contribution is -2.45. The van der Waals surface area contributed by atoms with Crippen molar-refractivity contribution in [2.45, 2.75) is 19.9 Å². The number of nitrogens with one attached hydrogen (secondary N) is 1. The van der Waals surface area contributed by atoms with Gasteiger partial charge in [-0.1, -0.05) is 35.3 Å². The number of hydrogen-bond acceptors (Lipinski definition) is 4. The molecule has 0 bridgehead atoms. The fraction of sp³-hybridized carbons (Fsp3) is 0.278. The Balaban J connectivity index is 2.34. The molecule has 146 valence electrons. The van der Waals surface area contributed by atoms with Crippen molar-refractivity contribution in [1.82, 2.24) is 0 Å². The van der Waals surface area contributed by atoms with Gasteiger partial charge in [-0.3, -0.25) is 9.10 Å². The molecule has 9 heteroatoms. The first-order valence-corrected chi connectivity index (χ1v) is 10.7. The van der Waals surface area contributed by atoms with Crippen LogP contribution < -0.4 is 14.4 Å². The number of carbonyl (C=O) groups is 1. The minimum atomic E-state index is -3.76. The zero-order chi connectivity index (χ0) is 20.2. The molecule has 2 rings (SSSR count). The van der Waals surface area contributed by atoms with E-state index in [4.69, 9.17) is 27.9 Å². The molecule has 0 unspecified atom stereocenters. The average Bonchev–Trinajstić information content (AvgIpc) is 2.59. The molecule has 0 aliphatic rings. The molecule has 0 radical (unpaired) electrons. The number of para-hydroxylation sites is 2. The molecule has 0 saturated carbocycles. The van der Waals surface area contributed by atoms with Gasteiger partial charge in [0, 0.05) is 0 Å². The lowest BCUT2D eigenvalue weighted by molar-refractivity contribution is -0.116. The molecule has 2 aromatic rings. The van der Waals surface area contributed by atoms with E-state index in [0.717, 1.165) is 10.6 Å². The molecule has 27 heavy (non-hydrogen) atoms. The molecule has 0 saturated heterocycles. The largest absolute Gasteiger partial charge is 0.492 e. The number of ether oxygens (including phenoxy) is 1. The van der Waals surface area contributed by atoms with Crippen LogP contribution in [0.2, 0.25) is 10.0 Å². The van der Waals surface area contributed by atoms with Gasteiger partial charge >= 0.3 is 0 Å². The van der Waals surface area contributed by atoms with Crippen LogP contribution in [0, 0.1) is 0 Å². The first-order chi connectivity index (χ1) is 12.6. The molecular formula is C18H20Cl2N2O4S. The number of sulfonamides is 1. The summed E-state index contributed by atoms with van der Waals surface area (Å²) in [5.41, 5.74) is 0.700. The average molecular weight is 431 g/mol. The first kappa shape index (κ1) is 21.3. The number of nitrogens with zero attached hydrogens (tertiary/aromatic N) is 1. The van der Waals surface area contributed by atoms with Gasteiger partial charge in [-0.15, -0.1) is 0 Å². The standard InChI is InChI=1S/C18H20Cl2N2O4S/c1-4-26-17-8-6-5-7-16(17)21-18(23)12(2)22(27(3,24)25)13-9-10-14(19)15(20)11-13/h5-12H,4H2,1-3H3,(H,21,23)/t12-/m1/s1. The number of rotatable bonds is 7. The number of benzene rings is 2. The zero-order valence-corrected chi connectivity index (χ0v) is 17.4. The van der Waals surface area contributed by atoms with E-state index in [9.17, 15) is 13.2 Å². The molecule has 0 spiro atoms. The Kier molecular flexibility index (Phi) is 6.97. The Morgan fingerprint density at radius 2 is 1.85 bits per heavy atom. The van der Waals surface area contributed by atoms with Crippen molar-refractivity contribution >= 4 is 50.5 Å². The molecule has 1 atom stereocenters. The third kappa shape index (κ3) is 5.28. The van der Waals surface area contributed by atoms with Gasteiger partial charge in [-0.25, -0.2) is 8.42 Å². The fourth-order valence-corrected chi connectivity index (χ4v) is 3.98. The highest BCUT2D eigenvalue weighted by atomic mass is 35.5. The van der Waals surface area contributed by atoms with Crippen LogP contribution in [0.4, 0.5) is 11.4 Å². The van der Waals surface area contributed by atoms with Gasteiger partial charge in [0.05, 0.1) is 34.3 Å². The molecule has 0 aliphatic heterocycles. The second-order valence-corrected chi connectivity index (χ2v) is 8.43. The maximum absolute atomic E-state index is 12.8. The summed E-state index contributed by atoms with van der Waals surface area (Å²) in [7, 11) is -3.76. The quantitative estimate of drug-likeness (QED) is 0.714. The van der Waals surface area contributed by atoms with Crippen molar-refractivity contribution in [1.29, 1.82) is 0 Å². The van der Waals surface area contributed by atoms with Crippen molar-refractivity contribution in [2.24, 2.45) is 0 Å². The van der Waals surface area contributed by atoms with Gasteiger partial charge in [-0.2, -0.15) is 0 Å². The van der Waals surface area contributed by atoms with E-state index in [1.165, 1.54) is 25.1 Å². The maximum atomic E-state index is 12.8. The van der Waals surface area contributed by atoms with E-state index in [0.29, 0.717) is 18.0 Å². The van der Waals surface area contributed by atoms with Crippen molar-refractivity contribution in [2.75, 3.05) is 22.5 Å². The molecule has 2 aromatic carbocycles. The van der Waals surface area contributed by atoms with E-state index in [2.05, 4.69) is 5.32 Å². The minimum absolute atomic E-state index is 0.192. The summed E-state index contributed by atoms with van der Waals surface area (Å²) >= 11 is 11.9. The number of amides is 1. The fourth-order valence-electron chi connectivity index (χ4n) is 2.52. The second kappa shape index (κ2) is 8.82. The highest BCUT2D eigenvalue weighted by molar-refractivity contribution is 7.92. The van der Waals surface area contributed by atoms with Crippen molar-refractivity contribution in [3.05, 3.63) is 52.5 Å². The minimum Gasteiger partial charge on any atom is -0.492 e. The SMILES string of the molecule is CCOc1ccccc1NC(=O)[C@@H](C)N(c1ccc(Cl)c(Cl)c1)S(C)(=O)=O. The lowest BCUT2D eigenvalue weighted by Gasteiger charge is -2.28. The van der Waals surface area contributed by atoms with Crippen LogP contribution in [-0.2, 0) is 14.8 Å². The maximum Gasteiger partial charge on any atom is 0.248 e. The zero-order valence-electron chi connectivity index (χ0n) is 15.1. The highest BCUT2D eigenvalue weighted by Gasteiger charge is 2.30. The summed E-state index contributed by atoms with van der Waals surface area (Å²) in [6.45, 7) is 3.75. The van der Waals surface area contributed by atoms with Crippen LogP contribution in [-0.4, -0.2) is 33.2 Å². The third-order valence-corrected chi connectivity index (χ3v) is 5.67. The Morgan fingerprint density at radius 1 is 1.19 bits per heavy atom. The highest BCUT2D eigenvalue weighted by Crippen LogP contribution is 2.30. The summed E-state index contributed by atoms with van der Waals surface area (Å²) in [6, 6.07) is 10.3. The normalized spacial score (nSPS) is 12.3. The number of anilines is 2. The molecule has 0 aliphatic carbocycles. The van der Waals surface area contributed by atoms with Gasteiger partial charge in [0.25, 0.3) is 0 Å². The Morgan fingerprint density at radius 3 is 2.44 bits per heavy atom. The van der Waals surface area contributed by atoms with Gasteiger partial charge in [0.15, 0.2) is 0 Å². The predicted octanol–water partition coefficient (Wildman–Crippen LogP) is 4.19. The first-order valence-electron chi connectivity index (χ1n) is 8.12. The Labute approximate surface area is 169 Å². The molecule has 1 amide bonds. The van der Waals surface area contributed by atoms with Crippen LogP contribution in [0.3, 0.4) is 0 Å². The predicted molar refractivity (Wildman–Crippen MR) is 109 cm³/mol. The van der Waals surface area contributed by atoms with Crippen LogP contribution in [0.1, 0.15) is 13.8 Å². The van der Waals surface area contributed by atoms with Crippen LogP contribution in [0.15, 0.2) is 42.5 Å². The van der Waals surface area contributed by atoms with Crippen molar-refractivity contribution < 1.29 is 17.9 Å². The van der Waals surface area contributed by atoms with Crippen LogP contribution in [0.5, 0.6) is 5.75 Å². The van der Waals surface area contributed by atoms with Crippen LogP contribution in [0.25, 0.3) is 0 Å². The van der Waals surface area contributed by atoms with Gasteiger partial charge < -0.3 is 10.1 Å². The number of halogens is 2. The van der Waals surface area contributed by atoms with Crippen molar-refractivity contribution in [3.63, 3.8) is 0 Å². The molecule has 0 heterocycles. The smallest absolute Gasteiger partial charge is 0.248 e. The topological polar surface area (TPSA) is 75.7 Å². The molecule has 0 aromatic heterocycles. The summed E-state index contributed by atoms with van der Waals surface area (Å²) in [5.74, 6) is -0.0142. The molecular weight excluding hydrogens is 411 g/mol. The van der Waals surface area contributed by atoms with E-state index in [1.807, 2.05) is 6.92 Å². The second-order valence-electron chi connectivity index (χ2n) is 5.75. The summed E-state index contributed by atoms with van der Waals surface area (Å²) in [5, 5.41) is 3.19. The number of carbonyl (C=O) groups excluding carboxylic acids is 1. The van der Waals surface area contributed by atoms with E-state index in [-0.39, 0.29) is 15.7 Å². The molecule has 0 fully saturated rings. The van der Waals surface area contributed by atoms with E-state index in [1.54, 1.807) is 24.3 Å². The Bertz CT molecular complexity index is 935. The van der Waals surface area contributed by atoms with Crippen molar-refractivity contribution in [3.8, 4) is 5.75 Å². The summed E-state index contributed by atoms with van der Waals surface area (Å²) in [4.78, 5) is 12.8. The van der Waals surface area contributed by atoms with Gasteiger partial charge in [0.2, 0.25) is 15.9 Å². The lowest BCUT2D eigenvalue weighted by atomic mass is 10.2. The van der Waals surface area contributed by atoms with Crippen LogP contribution >= 0.6 is 23.2 Å². The molecule has 1 N–H and O–H groups in total. The Hall–Kier alpha value is -1.96. The third-order valence-electron chi connectivity index (χ3n) is 3.69. The number of hydrogen-bond donors (Lipinski definition) is 1. The van der Waals surface area contributed by atoms with Gasteiger partial charge in [-0.05, 0) is 44.2 Å². The summed E-state index contributed by atoms with van der Waals surface area (Å²) in [6.07, 6.45) is 1.02. The van der Waals surface area contributed by atoms with E-state index >= 15 is 0 Å². The molecule has 6 nitrogen and oxygen atoms in total. The summed E-state index contributed by atoms with van der Waals surface area (Å²) < 4.78 is 31.2.